The van der Waals surface area contributed by atoms with Crippen LogP contribution in [0.1, 0.15) is 34.3 Å². The van der Waals surface area contributed by atoms with E-state index in [1.54, 1.807) is 7.11 Å². The second kappa shape index (κ2) is 6.86. The summed E-state index contributed by atoms with van der Waals surface area (Å²) in [5.41, 5.74) is 2.81. The number of carbonyl (C=O) groups is 1. The molecule has 0 heterocycles. The molecule has 0 aliphatic heterocycles. The van der Waals surface area contributed by atoms with Crippen molar-refractivity contribution in [3.8, 4) is 5.75 Å². The molecular formula is C20H23NO2. The van der Waals surface area contributed by atoms with E-state index in [0.717, 1.165) is 17.7 Å². The van der Waals surface area contributed by atoms with Crippen molar-refractivity contribution in [2.45, 2.75) is 26.3 Å². The fraction of sp³-hybridized carbons (Fsp3) is 0.350. The molecule has 0 atom stereocenters. The van der Waals surface area contributed by atoms with Crippen molar-refractivity contribution in [1.29, 1.82) is 0 Å². The van der Waals surface area contributed by atoms with Gasteiger partial charge in [0.25, 0.3) is 5.91 Å². The lowest BCUT2D eigenvalue weighted by Gasteiger charge is -2.24. The average Bonchev–Trinajstić information content (AvgIpc) is 3.38. The van der Waals surface area contributed by atoms with Gasteiger partial charge >= 0.3 is 0 Å². The second-order valence-electron chi connectivity index (χ2n) is 6.27. The van der Waals surface area contributed by atoms with Crippen LogP contribution in [0.2, 0.25) is 0 Å². The molecular weight excluding hydrogens is 286 g/mol. The van der Waals surface area contributed by atoms with Crippen molar-refractivity contribution in [2.24, 2.45) is 5.92 Å². The van der Waals surface area contributed by atoms with E-state index in [1.165, 1.54) is 12.8 Å². The minimum atomic E-state index is 0.0655. The van der Waals surface area contributed by atoms with Gasteiger partial charge in [0, 0.05) is 13.1 Å². The largest absolute Gasteiger partial charge is 0.496 e. The fourth-order valence-electron chi connectivity index (χ4n) is 2.88. The summed E-state index contributed by atoms with van der Waals surface area (Å²) in [5.74, 6) is 1.37. The predicted molar refractivity (Wildman–Crippen MR) is 91.6 cm³/mol. The van der Waals surface area contributed by atoms with E-state index in [0.29, 0.717) is 23.8 Å². The zero-order valence-electron chi connectivity index (χ0n) is 13.8. The van der Waals surface area contributed by atoms with E-state index < -0.39 is 0 Å². The number of nitrogens with zero attached hydrogens (tertiary/aromatic N) is 1. The van der Waals surface area contributed by atoms with E-state index in [1.807, 2.05) is 48.2 Å². The standard InChI is InChI=1S/C20H23NO2/c1-15-7-6-10-18(23-2)19(15)20(22)21(14-17-11-12-17)13-16-8-4-3-5-9-16/h3-10,17H,11-14H2,1-2H3. The molecule has 23 heavy (non-hydrogen) atoms. The second-order valence-corrected chi connectivity index (χ2v) is 6.27. The van der Waals surface area contributed by atoms with Gasteiger partial charge in [0.05, 0.1) is 12.7 Å². The van der Waals surface area contributed by atoms with E-state index >= 15 is 0 Å². The summed E-state index contributed by atoms with van der Waals surface area (Å²) in [5, 5.41) is 0. The van der Waals surface area contributed by atoms with Crippen molar-refractivity contribution in [1.82, 2.24) is 4.90 Å². The maximum Gasteiger partial charge on any atom is 0.258 e. The molecule has 120 valence electrons. The third-order valence-corrected chi connectivity index (χ3v) is 4.35. The van der Waals surface area contributed by atoms with Crippen LogP contribution in [0.4, 0.5) is 0 Å². The van der Waals surface area contributed by atoms with Gasteiger partial charge in [-0.05, 0) is 42.9 Å². The van der Waals surface area contributed by atoms with Gasteiger partial charge in [-0.15, -0.1) is 0 Å². The SMILES string of the molecule is COc1cccc(C)c1C(=O)N(Cc1ccccc1)CC1CC1. The van der Waals surface area contributed by atoms with Crippen LogP contribution in [-0.4, -0.2) is 24.5 Å². The Morgan fingerprint density at radius 1 is 1.13 bits per heavy atom. The summed E-state index contributed by atoms with van der Waals surface area (Å²) in [7, 11) is 1.62. The fourth-order valence-corrected chi connectivity index (χ4v) is 2.88. The van der Waals surface area contributed by atoms with Crippen LogP contribution in [0.15, 0.2) is 48.5 Å². The molecule has 1 saturated carbocycles. The van der Waals surface area contributed by atoms with E-state index in [4.69, 9.17) is 4.74 Å². The van der Waals surface area contributed by atoms with Crippen molar-refractivity contribution < 1.29 is 9.53 Å². The van der Waals surface area contributed by atoms with Crippen LogP contribution in [0.25, 0.3) is 0 Å². The Balaban J connectivity index is 1.88. The number of hydrogen-bond acceptors (Lipinski definition) is 2. The molecule has 0 bridgehead atoms. The highest BCUT2D eigenvalue weighted by Gasteiger charge is 2.29. The maximum absolute atomic E-state index is 13.2. The zero-order chi connectivity index (χ0) is 16.2. The highest BCUT2D eigenvalue weighted by atomic mass is 16.5. The topological polar surface area (TPSA) is 29.5 Å². The number of carbonyl (C=O) groups excluding carboxylic acids is 1. The smallest absolute Gasteiger partial charge is 0.258 e. The van der Waals surface area contributed by atoms with Crippen LogP contribution in [0.5, 0.6) is 5.75 Å². The minimum Gasteiger partial charge on any atom is -0.496 e. The molecule has 0 N–H and O–H groups in total. The summed E-state index contributed by atoms with van der Waals surface area (Å²) < 4.78 is 5.42. The van der Waals surface area contributed by atoms with Gasteiger partial charge < -0.3 is 9.64 Å². The first-order valence-electron chi connectivity index (χ1n) is 8.16. The van der Waals surface area contributed by atoms with Crippen LogP contribution < -0.4 is 4.74 Å². The monoisotopic (exact) mass is 309 g/mol. The molecule has 3 heteroatoms. The predicted octanol–water partition coefficient (Wildman–Crippen LogP) is 4.06. The lowest BCUT2D eigenvalue weighted by molar-refractivity contribution is 0.0730. The molecule has 0 saturated heterocycles. The Morgan fingerprint density at radius 2 is 1.87 bits per heavy atom. The van der Waals surface area contributed by atoms with Gasteiger partial charge in [-0.1, -0.05) is 42.5 Å². The van der Waals surface area contributed by atoms with Crippen LogP contribution >= 0.6 is 0 Å². The average molecular weight is 309 g/mol. The molecule has 1 aliphatic carbocycles. The molecule has 0 unspecified atom stereocenters. The zero-order valence-corrected chi connectivity index (χ0v) is 13.8. The van der Waals surface area contributed by atoms with Crippen LogP contribution in [0, 0.1) is 12.8 Å². The lowest BCUT2D eigenvalue weighted by Crippen LogP contribution is -2.33. The number of amides is 1. The van der Waals surface area contributed by atoms with Gasteiger partial charge in [0.15, 0.2) is 0 Å². The van der Waals surface area contributed by atoms with E-state index in [-0.39, 0.29) is 5.91 Å². The summed E-state index contributed by atoms with van der Waals surface area (Å²) in [6, 6.07) is 15.9. The summed E-state index contributed by atoms with van der Waals surface area (Å²) in [6.07, 6.45) is 2.45. The maximum atomic E-state index is 13.2. The first-order chi connectivity index (χ1) is 11.2. The molecule has 1 amide bonds. The molecule has 3 nitrogen and oxygen atoms in total. The van der Waals surface area contributed by atoms with E-state index in [9.17, 15) is 4.79 Å². The van der Waals surface area contributed by atoms with Gasteiger partial charge in [-0.2, -0.15) is 0 Å². The number of hydrogen-bond donors (Lipinski definition) is 0. The van der Waals surface area contributed by atoms with Crippen molar-refractivity contribution in [3.05, 3.63) is 65.2 Å². The number of ether oxygens (including phenoxy) is 1. The molecule has 3 rings (SSSR count). The molecule has 1 aliphatic rings. The normalized spacial score (nSPS) is 13.7. The first kappa shape index (κ1) is 15.6. The highest BCUT2D eigenvalue weighted by Crippen LogP contribution is 2.32. The Morgan fingerprint density at radius 3 is 2.52 bits per heavy atom. The molecule has 2 aromatic carbocycles. The molecule has 0 spiro atoms. The molecule has 0 aromatic heterocycles. The third kappa shape index (κ3) is 3.73. The van der Waals surface area contributed by atoms with Crippen molar-refractivity contribution in [3.63, 3.8) is 0 Å². The summed E-state index contributed by atoms with van der Waals surface area (Å²) >= 11 is 0. The van der Waals surface area contributed by atoms with Gasteiger partial charge in [-0.3, -0.25) is 4.79 Å². The lowest BCUT2D eigenvalue weighted by atomic mass is 10.1. The Labute approximate surface area is 137 Å². The third-order valence-electron chi connectivity index (χ3n) is 4.35. The molecule has 2 aromatic rings. The van der Waals surface area contributed by atoms with Gasteiger partial charge in [-0.25, -0.2) is 0 Å². The first-order valence-corrected chi connectivity index (χ1v) is 8.16. The van der Waals surface area contributed by atoms with Gasteiger partial charge in [0.2, 0.25) is 0 Å². The van der Waals surface area contributed by atoms with Crippen molar-refractivity contribution in [2.75, 3.05) is 13.7 Å². The highest BCUT2D eigenvalue weighted by molar-refractivity contribution is 5.98. The van der Waals surface area contributed by atoms with Crippen LogP contribution in [0.3, 0.4) is 0 Å². The summed E-state index contributed by atoms with van der Waals surface area (Å²) in [4.78, 5) is 15.1. The Kier molecular flexibility index (Phi) is 4.65. The Bertz CT molecular complexity index is 677. The Hall–Kier alpha value is -2.29. The number of aryl methyl sites for hydroxylation is 1. The quantitative estimate of drug-likeness (QED) is 0.805. The number of methoxy groups -OCH3 is 1. The van der Waals surface area contributed by atoms with Gasteiger partial charge in [0.1, 0.15) is 5.75 Å². The summed E-state index contributed by atoms with van der Waals surface area (Å²) in [6.45, 7) is 3.44. The molecule has 0 radical (unpaired) electrons. The minimum absolute atomic E-state index is 0.0655. The van der Waals surface area contributed by atoms with Crippen LogP contribution in [-0.2, 0) is 6.54 Å². The number of rotatable bonds is 6. The number of benzene rings is 2. The van der Waals surface area contributed by atoms with Crippen molar-refractivity contribution >= 4 is 5.91 Å². The van der Waals surface area contributed by atoms with E-state index in [2.05, 4.69) is 12.1 Å². The molecule has 1 fully saturated rings.